The van der Waals surface area contributed by atoms with Gasteiger partial charge in [0.1, 0.15) is 16.7 Å². The van der Waals surface area contributed by atoms with Crippen LogP contribution in [0.1, 0.15) is 102 Å². The van der Waals surface area contributed by atoms with Gasteiger partial charge >= 0.3 is 12.1 Å². The van der Waals surface area contributed by atoms with Crippen LogP contribution in [-0.2, 0) is 28.7 Å². The van der Waals surface area contributed by atoms with Crippen molar-refractivity contribution in [3.8, 4) is 0 Å². The van der Waals surface area contributed by atoms with Crippen LogP contribution in [0.25, 0.3) is 0 Å². The molecule has 2 unspecified atom stereocenters. The molecule has 4 amide bonds. The van der Waals surface area contributed by atoms with E-state index in [4.69, 9.17) is 4.74 Å². The summed E-state index contributed by atoms with van der Waals surface area (Å²) in [6.07, 6.45) is 0.320. The highest BCUT2D eigenvalue weighted by Gasteiger charge is 2.35. The maximum Gasteiger partial charge on any atom is 0.408 e. The first-order chi connectivity index (χ1) is 17.6. The molecule has 2 atom stereocenters. The summed E-state index contributed by atoms with van der Waals surface area (Å²) in [6, 6.07) is -0.602. The summed E-state index contributed by atoms with van der Waals surface area (Å²) in [5.41, 5.74) is -3.13. The Morgan fingerprint density at radius 3 is 1.46 bits per heavy atom. The van der Waals surface area contributed by atoms with Gasteiger partial charge in [-0.15, -0.1) is 0 Å². The molecule has 0 saturated heterocycles. The largest absolute Gasteiger partial charge is 0.469 e. The summed E-state index contributed by atoms with van der Waals surface area (Å²) in [5, 5.41) is 11.2. The fourth-order valence-corrected chi connectivity index (χ4v) is 3.59. The number of rotatable bonds is 14. The van der Waals surface area contributed by atoms with Crippen molar-refractivity contribution in [1.82, 2.24) is 21.3 Å². The third-order valence-corrected chi connectivity index (χ3v) is 6.21. The van der Waals surface area contributed by atoms with Gasteiger partial charge in [-0.25, -0.2) is 4.79 Å². The van der Waals surface area contributed by atoms with Gasteiger partial charge in [-0.05, 0) is 73.1 Å². The normalized spacial score (nSPS) is 13.8. The van der Waals surface area contributed by atoms with Crippen molar-refractivity contribution in [1.29, 1.82) is 0 Å². The molecule has 39 heavy (non-hydrogen) atoms. The van der Waals surface area contributed by atoms with Crippen molar-refractivity contribution in [3.63, 3.8) is 0 Å². The van der Waals surface area contributed by atoms with Crippen LogP contribution < -0.4 is 21.3 Å². The van der Waals surface area contributed by atoms with Crippen molar-refractivity contribution in [2.24, 2.45) is 11.8 Å². The lowest BCUT2D eigenvalue weighted by molar-refractivity contribution is -0.141. The molecule has 226 valence electrons. The zero-order chi connectivity index (χ0) is 30.8. The van der Waals surface area contributed by atoms with Crippen molar-refractivity contribution in [2.45, 2.75) is 131 Å². The first kappa shape index (κ1) is 36.1. The molecule has 4 N–H and O–H groups in total. The van der Waals surface area contributed by atoms with Crippen molar-refractivity contribution in [2.75, 3.05) is 7.11 Å². The minimum atomic E-state index is -1.24. The molecule has 0 rings (SSSR count). The van der Waals surface area contributed by atoms with E-state index in [1.807, 2.05) is 27.7 Å². The number of hydrogen-bond acceptors (Lipinski definition) is 7. The monoisotopic (exact) mass is 556 g/mol. The van der Waals surface area contributed by atoms with E-state index < -0.39 is 28.7 Å². The molecule has 0 aliphatic carbocycles. The van der Waals surface area contributed by atoms with Crippen LogP contribution in [0.5, 0.6) is 0 Å². The highest BCUT2D eigenvalue weighted by Crippen LogP contribution is 2.15. The molecule has 11 heteroatoms. The number of hydrogen-bond donors (Lipinski definition) is 4. The molecule has 0 spiro atoms. The minimum absolute atomic E-state index is 0.0111. The Hall–Kier alpha value is -2.85. The lowest BCUT2D eigenvalue weighted by atomic mass is 9.95. The second-order valence-corrected chi connectivity index (χ2v) is 12.7. The van der Waals surface area contributed by atoms with Gasteiger partial charge in [-0.1, -0.05) is 27.7 Å². The SMILES string of the molecule is COC(=O)CCC(NC(=O)C(C)(C)NC(=O)CCC(NC(=O)C(C)(C)NC(=O)OC(C)(C)C)C(C)C)C(C)C. The summed E-state index contributed by atoms with van der Waals surface area (Å²) in [4.78, 5) is 62.4. The smallest absolute Gasteiger partial charge is 0.408 e. The Labute approximate surface area is 234 Å². The van der Waals surface area contributed by atoms with E-state index in [-0.39, 0.29) is 54.5 Å². The fraction of sp³-hybridized carbons (Fsp3) is 0.821. The van der Waals surface area contributed by atoms with E-state index in [1.54, 1.807) is 48.5 Å². The molecule has 0 aromatic carbocycles. The number of carbonyl (C=O) groups is 5. The second kappa shape index (κ2) is 15.1. The Balaban J connectivity index is 5.09. The van der Waals surface area contributed by atoms with Gasteiger partial charge < -0.3 is 30.7 Å². The molecule has 0 aromatic heterocycles. The number of amides is 4. The van der Waals surface area contributed by atoms with E-state index in [0.29, 0.717) is 12.8 Å². The molecule has 0 aliphatic heterocycles. The van der Waals surface area contributed by atoms with E-state index in [9.17, 15) is 24.0 Å². The van der Waals surface area contributed by atoms with Crippen LogP contribution in [-0.4, -0.2) is 65.7 Å². The number of methoxy groups -OCH3 is 1. The molecular formula is C28H52N4O7. The molecule has 0 heterocycles. The third-order valence-electron chi connectivity index (χ3n) is 6.21. The number of nitrogens with one attached hydrogen (secondary N) is 4. The van der Waals surface area contributed by atoms with E-state index in [1.165, 1.54) is 7.11 Å². The lowest BCUT2D eigenvalue weighted by Crippen LogP contribution is -2.58. The molecular weight excluding hydrogens is 504 g/mol. The molecule has 0 bridgehead atoms. The van der Waals surface area contributed by atoms with E-state index in [0.717, 1.165) is 0 Å². The van der Waals surface area contributed by atoms with Crippen LogP contribution >= 0.6 is 0 Å². The Morgan fingerprint density at radius 2 is 1.08 bits per heavy atom. The predicted molar refractivity (Wildman–Crippen MR) is 150 cm³/mol. The van der Waals surface area contributed by atoms with Crippen molar-refractivity contribution >= 4 is 29.8 Å². The maximum absolute atomic E-state index is 13.0. The first-order valence-electron chi connectivity index (χ1n) is 13.6. The van der Waals surface area contributed by atoms with E-state index >= 15 is 0 Å². The number of carbonyl (C=O) groups excluding carboxylic acids is 5. The number of ether oxygens (including phenoxy) is 2. The van der Waals surface area contributed by atoms with Crippen molar-refractivity contribution in [3.05, 3.63) is 0 Å². The average molecular weight is 557 g/mol. The van der Waals surface area contributed by atoms with Crippen LogP contribution in [0.15, 0.2) is 0 Å². The summed E-state index contributed by atoms with van der Waals surface area (Å²) < 4.78 is 9.94. The Bertz CT molecular complexity index is 860. The lowest BCUT2D eigenvalue weighted by Gasteiger charge is -2.31. The molecule has 11 nitrogen and oxygen atoms in total. The summed E-state index contributed by atoms with van der Waals surface area (Å²) >= 11 is 0. The van der Waals surface area contributed by atoms with Crippen LogP contribution in [0.4, 0.5) is 4.79 Å². The molecule has 0 aliphatic rings. The van der Waals surface area contributed by atoms with Gasteiger partial charge in [0.05, 0.1) is 7.11 Å². The maximum atomic E-state index is 13.0. The van der Waals surface area contributed by atoms with Crippen LogP contribution in [0.2, 0.25) is 0 Å². The minimum Gasteiger partial charge on any atom is -0.469 e. The molecule has 0 saturated carbocycles. The Morgan fingerprint density at radius 1 is 0.667 bits per heavy atom. The number of esters is 1. The van der Waals surface area contributed by atoms with Gasteiger partial charge in [0.15, 0.2) is 0 Å². The molecule has 0 fully saturated rings. The highest BCUT2D eigenvalue weighted by atomic mass is 16.6. The average Bonchev–Trinajstić information content (AvgIpc) is 2.75. The van der Waals surface area contributed by atoms with E-state index in [2.05, 4.69) is 26.0 Å². The standard InChI is InChI=1S/C28H52N4O7/c1-17(2)19(29-24(36)28(10,11)32-25(37)39-26(5,6)7)13-15-21(33)31-27(8,9)23(35)30-20(18(3)4)14-16-22(34)38-12/h17-20H,13-16H2,1-12H3,(H,29,36)(H,30,35)(H,31,33)(H,32,37). The molecule has 0 aromatic rings. The summed E-state index contributed by atoms with van der Waals surface area (Å²) in [6.45, 7) is 19.3. The third kappa shape index (κ3) is 14.2. The Kier molecular flexibility index (Phi) is 14.0. The van der Waals surface area contributed by atoms with Crippen molar-refractivity contribution < 1.29 is 33.4 Å². The topological polar surface area (TPSA) is 152 Å². The molecule has 0 radical (unpaired) electrons. The van der Waals surface area contributed by atoms with Crippen LogP contribution in [0.3, 0.4) is 0 Å². The van der Waals surface area contributed by atoms with Gasteiger partial charge in [0.2, 0.25) is 17.7 Å². The number of alkyl carbamates (subject to hydrolysis) is 1. The quantitative estimate of drug-likeness (QED) is 0.240. The van der Waals surface area contributed by atoms with Crippen LogP contribution in [0, 0.1) is 11.8 Å². The predicted octanol–water partition coefficient (Wildman–Crippen LogP) is 3.20. The van der Waals surface area contributed by atoms with Gasteiger partial charge in [0, 0.05) is 24.9 Å². The fourth-order valence-electron chi connectivity index (χ4n) is 3.59. The zero-order valence-corrected chi connectivity index (χ0v) is 26.0. The van der Waals surface area contributed by atoms with Gasteiger partial charge in [0.25, 0.3) is 0 Å². The second-order valence-electron chi connectivity index (χ2n) is 12.7. The van der Waals surface area contributed by atoms with Gasteiger partial charge in [-0.3, -0.25) is 19.2 Å². The summed E-state index contributed by atoms with van der Waals surface area (Å²) in [5.74, 6) is -1.36. The zero-order valence-electron chi connectivity index (χ0n) is 26.0. The first-order valence-corrected chi connectivity index (χ1v) is 13.6. The van der Waals surface area contributed by atoms with Gasteiger partial charge in [-0.2, -0.15) is 0 Å². The highest BCUT2D eigenvalue weighted by molar-refractivity contribution is 5.91. The summed E-state index contributed by atoms with van der Waals surface area (Å²) in [7, 11) is 1.32.